The number of furan rings is 1. The van der Waals surface area contributed by atoms with E-state index in [1.54, 1.807) is 42.8 Å². The van der Waals surface area contributed by atoms with Gasteiger partial charge in [-0.25, -0.2) is 9.78 Å². The third-order valence-electron chi connectivity index (χ3n) is 4.60. The third kappa shape index (κ3) is 4.37. The first-order valence-electron chi connectivity index (χ1n) is 9.27. The standard InChI is InChI=1S/C21H23N3O5/c1-5-24-18-9-7-15(10-17(18)22-14(3)20(24)26)21(27)28-12-19(25)23(4)11-16-8-6-13(2)29-16/h6-10H,5,11-12H2,1-4H3. The third-order valence-corrected chi connectivity index (χ3v) is 4.60. The van der Waals surface area contributed by atoms with E-state index in [9.17, 15) is 14.4 Å². The molecule has 0 bridgehead atoms. The fraction of sp³-hybridized carbons (Fsp3) is 0.333. The number of amides is 1. The quantitative estimate of drug-likeness (QED) is 0.593. The highest BCUT2D eigenvalue weighted by atomic mass is 16.5. The summed E-state index contributed by atoms with van der Waals surface area (Å²) in [5.41, 5.74) is 1.63. The Bertz CT molecular complexity index is 1130. The van der Waals surface area contributed by atoms with Gasteiger partial charge in [0, 0.05) is 13.6 Å². The number of likely N-dealkylation sites (N-methyl/N-ethyl adjacent to an activating group) is 1. The van der Waals surface area contributed by atoms with E-state index in [0.29, 0.717) is 29.0 Å². The van der Waals surface area contributed by atoms with Gasteiger partial charge in [-0.3, -0.25) is 9.59 Å². The van der Waals surface area contributed by atoms with E-state index < -0.39 is 5.97 Å². The number of carbonyl (C=O) groups excluding carboxylic acids is 2. The monoisotopic (exact) mass is 397 g/mol. The van der Waals surface area contributed by atoms with E-state index >= 15 is 0 Å². The van der Waals surface area contributed by atoms with Crippen molar-refractivity contribution in [3.05, 3.63) is 63.5 Å². The molecule has 1 amide bonds. The summed E-state index contributed by atoms with van der Waals surface area (Å²) in [6.45, 7) is 5.74. The van der Waals surface area contributed by atoms with Gasteiger partial charge in [0.25, 0.3) is 11.5 Å². The number of benzene rings is 1. The van der Waals surface area contributed by atoms with Crippen LogP contribution in [0.2, 0.25) is 0 Å². The second kappa shape index (κ2) is 8.30. The Labute approximate surface area is 167 Å². The molecule has 0 spiro atoms. The molecular formula is C21H23N3O5. The number of aromatic nitrogens is 2. The second-order valence-corrected chi connectivity index (χ2v) is 6.79. The van der Waals surface area contributed by atoms with Crippen LogP contribution in [0.4, 0.5) is 0 Å². The van der Waals surface area contributed by atoms with Crippen molar-refractivity contribution in [3.8, 4) is 0 Å². The van der Waals surface area contributed by atoms with E-state index in [4.69, 9.17) is 9.15 Å². The summed E-state index contributed by atoms with van der Waals surface area (Å²) < 4.78 is 12.2. The van der Waals surface area contributed by atoms with Crippen LogP contribution < -0.4 is 5.56 Å². The second-order valence-electron chi connectivity index (χ2n) is 6.79. The lowest BCUT2D eigenvalue weighted by atomic mass is 10.2. The minimum absolute atomic E-state index is 0.157. The number of nitrogens with zero attached hydrogens (tertiary/aromatic N) is 3. The van der Waals surface area contributed by atoms with Gasteiger partial charge in [-0.1, -0.05) is 0 Å². The molecule has 8 heteroatoms. The fourth-order valence-corrected chi connectivity index (χ4v) is 3.03. The van der Waals surface area contributed by atoms with E-state index in [1.165, 1.54) is 4.90 Å². The van der Waals surface area contributed by atoms with E-state index in [-0.39, 0.29) is 30.2 Å². The average Bonchev–Trinajstić information content (AvgIpc) is 3.11. The molecule has 8 nitrogen and oxygen atoms in total. The largest absolute Gasteiger partial charge is 0.464 e. The first-order chi connectivity index (χ1) is 13.8. The Kier molecular flexibility index (Phi) is 5.81. The van der Waals surface area contributed by atoms with Crippen LogP contribution in [-0.2, 0) is 22.6 Å². The van der Waals surface area contributed by atoms with Crippen LogP contribution >= 0.6 is 0 Å². The van der Waals surface area contributed by atoms with Crippen LogP contribution in [0.3, 0.4) is 0 Å². The molecule has 29 heavy (non-hydrogen) atoms. The van der Waals surface area contributed by atoms with Gasteiger partial charge in [0.1, 0.15) is 17.2 Å². The zero-order chi connectivity index (χ0) is 21.1. The van der Waals surface area contributed by atoms with Crippen LogP contribution in [0, 0.1) is 13.8 Å². The fourth-order valence-electron chi connectivity index (χ4n) is 3.03. The number of rotatable bonds is 6. The van der Waals surface area contributed by atoms with E-state index in [0.717, 1.165) is 5.76 Å². The van der Waals surface area contributed by atoms with Gasteiger partial charge in [-0.05, 0) is 51.1 Å². The molecule has 0 aliphatic heterocycles. The topological polar surface area (TPSA) is 94.6 Å². The predicted octanol–water partition coefficient (Wildman–Crippen LogP) is 2.44. The van der Waals surface area contributed by atoms with E-state index in [2.05, 4.69) is 4.98 Å². The predicted molar refractivity (Wildman–Crippen MR) is 107 cm³/mol. The molecule has 0 aliphatic rings. The Morgan fingerprint density at radius 1 is 1.21 bits per heavy atom. The van der Waals surface area contributed by atoms with Gasteiger partial charge in [-0.15, -0.1) is 0 Å². The molecule has 0 unspecified atom stereocenters. The molecule has 152 valence electrons. The minimum Gasteiger partial charge on any atom is -0.464 e. The van der Waals surface area contributed by atoms with Crippen molar-refractivity contribution < 1.29 is 18.7 Å². The summed E-state index contributed by atoms with van der Waals surface area (Å²) in [5, 5.41) is 0. The van der Waals surface area contributed by atoms with Crippen LogP contribution in [0.15, 0.2) is 39.5 Å². The number of hydrogen-bond donors (Lipinski definition) is 0. The number of aryl methyl sites for hydroxylation is 3. The summed E-state index contributed by atoms with van der Waals surface area (Å²) >= 11 is 0. The number of esters is 1. The van der Waals surface area contributed by atoms with Crippen molar-refractivity contribution in [1.29, 1.82) is 0 Å². The van der Waals surface area contributed by atoms with Crippen LogP contribution in [-0.4, -0.2) is 40.0 Å². The Morgan fingerprint density at radius 2 is 1.97 bits per heavy atom. The maximum absolute atomic E-state index is 12.4. The molecule has 3 aromatic rings. The summed E-state index contributed by atoms with van der Waals surface area (Å²) in [6, 6.07) is 8.41. The summed E-state index contributed by atoms with van der Waals surface area (Å²) in [7, 11) is 1.61. The highest BCUT2D eigenvalue weighted by Crippen LogP contribution is 2.15. The number of hydrogen-bond acceptors (Lipinski definition) is 6. The maximum Gasteiger partial charge on any atom is 0.338 e. The molecular weight excluding hydrogens is 374 g/mol. The first-order valence-corrected chi connectivity index (χ1v) is 9.27. The van der Waals surface area contributed by atoms with Crippen LogP contribution in [0.5, 0.6) is 0 Å². The summed E-state index contributed by atoms with van der Waals surface area (Å²) in [6.07, 6.45) is 0. The molecule has 2 heterocycles. The lowest BCUT2D eigenvalue weighted by molar-refractivity contribution is -0.134. The molecule has 0 saturated heterocycles. The lowest BCUT2D eigenvalue weighted by Gasteiger charge is -2.15. The molecule has 3 rings (SSSR count). The zero-order valence-electron chi connectivity index (χ0n) is 16.9. The number of carbonyl (C=O) groups is 2. The smallest absolute Gasteiger partial charge is 0.338 e. The Balaban J connectivity index is 1.68. The maximum atomic E-state index is 12.4. The van der Waals surface area contributed by atoms with Crippen LogP contribution in [0.25, 0.3) is 11.0 Å². The van der Waals surface area contributed by atoms with Crippen molar-refractivity contribution in [2.75, 3.05) is 13.7 Å². The normalized spacial score (nSPS) is 10.9. The van der Waals surface area contributed by atoms with Crippen molar-refractivity contribution in [2.24, 2.45) is 0 Å². The Hall–Kier alpha value is -3.42. The molecule has 0 atom stereocenters. The molecule has 0 saturated carbocycles. The molecule has 2 aromatic heterocycles. The van der Waals surface area contributed by atoms with E-state index in [1.807, 2.05) is 19.9 Å². The Morgan fingerprint density at radius 3 is 2.62 bits per heavy atom. The minimum atomic E-state index is -0.629. The highest BCUT2D eigenvalue weighted by molar-refractivity contribution is 5.94. The molecule has 0 fully saturated rings. The van der Waals surface area contributed by atoms with Gasteiger partial charge >= 0.3 is 5.97 Å². The number of fused-ring (bicyclic) bond motifs is 1. The SMILES string of the molecule is CCn1c(=O)c(C)nc2cc(C(=O)OCC(=O)N(C)Cc3ccc(C)o3)ccc21. The molecule has 1 aromatic carbocycles. The first kappa shape index (κ1) is 20.3. The van der Waals surface area contributed by atoms with Crippen molar-refractivity contribution in [3.63, 3.8) is 0 Å². The highest BCUT2D eigenvalue weighted by Gasteiger charge is 2.16. The van der Waals surface area contributed by atoms with Gasteiger partial charge in [0.05, 0.1) is 23.1 Å². The van der Waals surface area contributed by atoms with Gasteiger partial charge < -0.3 is 18.6 Å². The lowest BCUT2D eigenvalue weighted by Crippen LogP contribution is -2.30. The summed E-state index contributed by atoms with van der Waals surface area (Å²) in [5.74, 6) is 0.446. The zero-order valence-corrected chi connectivity index (χ0v) is 16.9. The molecule has 0 N–H and O–H groups in total. The van der Waals surface area contributed by atoms with Crippen molar-refractivity contribution in [2.45, 2.75) is 33.9 Å². The van der Waals surface area contributed by atoms with Crippen molar-refractivity contribution in [1.82, 2.24) is 14.5 Å². The molecule has 0 aliphatic carbocycles. The number of ether oxygens (including phenoxy) is 1. The molecule has 0 radical (unpaired) electrons. The average molecular weight is 397 g/mol. The van der Waals surface area contributed by atoms with Gasteiger partial charge in [-0.2, -0.15) is 0 Å². The van der Waals surface area contributed by atoms with Gasteiger partial charge in [0.2, 0.25) is 0 Å². The van der Waals surface area contributed by atoms with Gasteiger partial charge in [0.15, 0.2) is 6.61 Å². The van der Waals surface area contributed by atoms with Crippen molar-refractivity contribution >= 4 is 22.9 Å². The summed E-state index contributed by atoms with van der Waals surface area (Å²) in [4.78, 5) is 42.5. The van der Waals surface area contributed by atoms with Crippen LogP contribution in [0.1, 0.15) is 34.5 Å².